The van der Waals surface area contributed by atoms with Crippen LogP contribution in [0.2, 0.25) is 0 Å². The Bertz CT molecular complexity index is 505. The third-order valence-electron chi connectivity index (χ3n) is 4.41. The highest BCUT2D eigenvalue weighted by Crippen LogP contribution is 2.35. The molecule has 0 spiro atoms. The van der Waals surface area contributed by atoms with E-state index in [0.29, 0.717) is 12.0 Å². The molecule has 0 saturated heterocycles. The van der Waals surface area contributed by atoms with Crippen molar-refractivity contribution in [2.45, 2.75) is 38.1 Å². The first-order valence-corrected chi connectivity index (χ1v) is 6.88. The Kier molecular flexibility index (Phi) is 4.07. The first-order chi connectivity index (χ1) is 9.05. The Balaban J connectivity index is 2.12. The molecule has 1 atom stereocenters. The molecule has 0 saturated carbocycles. The van der Waals surface area contributed by atoms with Crippen LogP contribution < -0.4 is 0 Å². The average Bonchev–Trinajstić information content (AvgIpc) is 2.41. The van der Waals surface area contributed by atoms with Crippen molar-refractivity contribution in [2.24, 2.45) is 0 Å². The average molecular weight is 254 g/mol. The van der Waals surface area contributed by atoms with Crippen molar-refractivity contribution in [2.75, 3.05) is 14.1 Å². The van der Waals surface area contributed by atoms with Crippen molar-refractivity contribution < 1.29 is 0 Å². The van der Waals surface area contributed by atoms with Crippen LogP contribution in [-0.4, -0.2) is 24.5 Å². The minimum absolute atomic E-state index is 0.296. The van der Waals surface area contributed by atoms with Crippen molar-refractivity contribution in [1.29, 1.82) is 5.26 Å². The minimum Gasteiger partial charge on any atom is -0.304 e. The summed E-state index contributed by atoms with van der Waals surface area (Å²) in [5, 5.41) is 8.68. The molecule has 1 unspecified atom stereocenters. The molecule has 0 aliphatic heterocycles. The van der Waals surface area contributed by atoms with Gasteiger partial charge in [-0.2, -0.15) is 5.26 Å². The summed E-state index contributed by atoms with van der Waals surface area (Å²) in [6.45, 7) is 2.33. The van der Waals surface area contributed by atoms with Gasteiger partial charge in [0.05, 0.1) is 12.5 Å². The predicted molar refractivity (Wildman–Crippen MR) is 79.7 cm³/mol. The molecule has 1 aliphatic carbocycles. The molecule has 2 nitrogen and oxygen atoms in total. The zero-order chi connectivity index (χ0) is 13.9. The summed E-state index contributed by atoms with van der Waals surface area (Å²) in [4.78, 5) is 2.33. The van der Waals surface area contributed by atoms with E-state index in [1.54, 1.807) is 0 Å². The van der Waals surface area contributed by atoms with E-state index in [4.69, 9.17) is 5.26 Å². The quantitative estimate of drug-likeness (QED) is 0.823. The molecular formula is C17H22N2. The molecule has 0 amide bonds. The molecule has 2 rings (SSSR count). The molecule has 0 N–H and O–H groups in total. The van der Waals surface area contributed by atoms with E-state index >= 15 is 0 Å². The topological polar surface area (TPSA) is 27.0 Å². The normalized spacial score (nSPS) is 23.0. The monoisotopic (exact) mass is 254 g/mol. The van der Waals surface area contributed by atoms with Gasteiger partial charge in [-0.1, -0.05) is 30.3 Å². The van der Waals surface area contributed by atoms with Crippen LogP contribution in [0.25, 0.3) is 5.57 Å². The molecule has 0 fully saturated rings. The zero-order valence-corrected chi connectivity index (χ0v) is 12.1. The molecule has 0 bridgehead atoms. The van der Waals surface area contributed by atoms with Crippen molar-refractivity contribution in [3.63, 3.8) is 0 Å². The van der Waals surface area contributed by atoms with Gasteiger partial charge in [-0.3, -0.25) is 0 Å². The van der Waals surface area contributed by atoms with Gasteiger partial charge >= 0.3 is 0 Å². The second-order valence-corrected chi connectivity index (χ2v) is 5.86. The third-order valence-corrected chi connectivity index (χ3v) is 4.41. The Hall–Kier alpha value is -1.59. The van der Waals surface area contributed by atoms with Gasteiger partial charge in [-0.05, 0) is 57.0 Å². The Morgan fingerprint density at radius 1 is 1.26 bits per heavy atom. The van der Waals surface area contributed by atoms with Crippen molar-refractivity contribution in [3.05, 3.63) is 41.5 Å². The molecular weight excluding hydrogens is 232 g/mol. The van der Waals surface area contributed by atoms with Crippen LogP contribution in [0.4, 0.5) is 0 Å². The first kappa shape index (κ1) is 13.8. The summed E-state index contributed by atoms with van der Waals surface area (Å²) < 4.78 is 0. The lowest BCUT2D eigenvalue weighted by atomic mass is 9.81. The zero-order valence-electron chi connectivity index (χ0n) is 12.1. The highest BCUT2D eigenvalue weighted by atomic mass is 15.1. The van der Waals surface area contributed by atoms with Gasteiger partial charge in [0.2, 0.25) is 0 Å². The molecule has 19 heavy (non-hydrogen) atoms. The van der Waals surface area contributed by atoms with Crippen LogP contribution in [0.15, 0.2) is 30.3 Å². The summed E-state index contributed by atoms with van der Waals surface area (Å²) in [5.41, 5.74) is 4.15. The van der Waals surface area contributed by atoms with E-state index in [2.05, 4.69) is 62.3 Å². The summed E-state index contributed by atoms with van der Waals surface area (Å²) in [7, 11) is 4.32. The van der Waals surface area contributed by atoms with E-state index in [9.17, 15) is 0 Å². The SMILES string of the molecule is CN(C)C1(C)CC=C(c2ccc(CC#N)cc2)CC1. The van der Waals surface area contributed by atoms with Crippen LogP contribution >= 0.6 is 0 Å². The van der Waals surface area contributed by atoms with E-state index in [-0.39, 0.29) is 0 Å². The number of allylic oxidation sites excluding steroid dienone is 1. The Morgan fingerprint density at radius 2 is 1.95 bits per heavy atom. The number of nitrogens with zero attached hydrogens (tertiary/aromatic N) is 2. The second kappa shape index (κ2) is 5.59. The van der Waals surface area contributed by atoms with Crippen molar-refractivity contribution >= 4 is 5.57 Å². The lowest BCUT2D eigenvalue weighted by molar-refractivity contribution is 0.160. The Labute approximate surface area is 116 Å². The smallest absolute Gasteiger partial charge is 0.0669 e. The molecule has 0 aromatic heterocycles. The summed E-state index contributed by atoms with van der Waals surface area (Å²) in [5.74, 6) is 0. The van der Waals surface area contributed by atoms with Gasteiger partial charge in [0.15, 0.2) is 0 Å². The molecule has 1 aliphatic rings. The largest absolute Gasteiger partial charge is 0.304 e. The molecule has 0 radical (unpaired) electrons. The number of hydrogen-bond donors (Lipinski definition) is 0. The van der Waals surface area contributed by atoms with Gasteiger partial charge in [0, 0.05) is 5.54 Å². The van der Waals surface area contributed by atoms with Gasteiger partial charge in [0.1, 0.15) is 0 Å². The van der Waals surface area contributed by atoms with Crippen LogP contribution in [0.3, 0.4) is 0 Å². The fourth-order valence-corrected chi connectivity index (χ4v) is 2.55. The molecule has 1 aromatic carbocycles. The van der Waals surface area contributed by atoms with Crippen molar-refractivity contribution in [1.82, 2.24) is 4.90 Å². The lowest BCUT2D eigenvalue weighted by Crippen LogP contribution is -2.42. The molecule has 0 heterocycles. The minimum atomic E-state index is 0.296. The second-order valence-electron chi connectivity index (χ2n) is 5.86. The molecule has 1 aromatic rings. The van der Waals surface area contributed by atoms with E-state index in [1.165, 1.54) is 17.6 Å². The van der Waals surface area contributed by atoms with E-state index in [0.717, 1.165) is 18.4 Å². The fourth-order valence-electron chi connectivity index (χ4n) is 2.55. The van der Waals surface area contributed by atoms with Crippen LogP contribution in [0, 0.1) is 11.3 Å². The highest BCUT2D eigenvalue weighted by molar-refractivity contribution is 5.66. The van der Waals surface area contributed by atoms with Gasteiger partial charge in [0.25, 0.3) is 0 Å². The van der Waals surface area contributed by atoms with Crippen molar-refractivity contribution in [3.8, 4) is 6.07 Å². The molecule has 100 valence electrons. The highest BCUT2D eigenvalue weighted by Gasteiger charge is 2.28. The summed E-state index contributed by atoms with van der Waals surface area (Å²) in [6.07, 6.45) is 6.31. The maximum Gasteiger partial charge on any atom is 0.0669 e. The van der Waals surface area contributed by atoms with Crippen LogP contribution in [0.5, 0.6) is 0 Å². The summed E-state index contributed by atoms with van der Waals surface area (Å²) >= 11 is 0. The van der Waals surface area contributed by atoms with Gasteiger partial charge in [-0.15, -0.1) is 0 Å². The lowest BCUT2D eigenvalue weighted by Gasteiger charge is -2.39. The predicted octanol–water partition coefficient (Wildman–Crippen LogP) is 3.64. The standard InChI is InChI=1S/C17H22N2/c1-17(19(2)3)11-8-16(9-12-17)15-6-4-14(5-7-15)10-13-18/h4-8H,9-12H2,1-3H3. The maximum atomic E-state index is 8.68. The van der Waals surface area contributed by atoms with E-state index in [1.807, 2.05) is 0 Å². The van der Waals surface area contributed by atoms with Gasteiger partial charge < -0.3 is 4.90 Å². The van der Waals surface area contributed by atoms with Gasteiger partial charge in [-0.25, -0.2) is 0 Å². The number of nitriles is 1. The molecule has 2 heteroatoms. The summed E-state index contributed by atoms with van der Waals surface area (Å²) in [6, 6.07) is 10.6. The van der Waals surface area contributed by atoms with Crippen LogP contribution in [-0.2, 0) is 6.42 Å². The number of benzene rings is 1. The Morgan fingerprint density at radius 3 is 2.42 bits per heavy atom. The third kappa shape index (κ3) is 3.05. The maximum absolute atomic E-state index is 8.68. The fraction of sp³-hybridized carbons (Fsp3) is 0.471. The van der Waals surface area contributed by atoms with Crippen LogP contribution in [0.1, 0.15) is 37.3 Å². The first-order valence-electron chi connectivity index (χ1n) is 6.88. The number of rotatable bonds is 3. The van der Waals surface area contributed by atoms with E-state index < -0.39 is 0 Å². The number of hydrogen-bond acceptors (Lipinski definition) is 2.